The Kier molecular flexibility index (Phi) is 6.13. The molecule has 7 heteroatoms. The third-order valence-corrected chi connectivity index (χ3v) is 5.29. The molecule has 0 amide bonds. The van der Waals surface area contributed by atoms with Crippen LogP contribution in [0, 0.1) is 41.1 Å². The molecule has 0 N–H and O–H groups in total. The fraction of sp³-hybridized carbons (Fsp3) is 0.0588. The summed E-state index contributed by atoms with van der Waals surface area (Å²) in [7, 11) is 0. The molecule has 0 fully saturated rings. The Hall–Kier alpha value is -2.16. The summed E-state index contributed by atoms with van der Waals surface area (Å²) >= 11 is 3.59. The number of benzene rings is 2. The van der Waals surface area contributed by atoms with Crippen LogP contribution in [0.3, 0.4) is 0 Å². The molecule has 116 valence electrons. The van der Waals surface area contributed by atoms with E-state index in [0.717, 1.165) is 5.56 Å². The van der Waals surface area contributed by atoms with Gasteiger partial charge >= 0.3 is 5.97 Å². The molecular weight excluding hydrogens is 532 g/mol. The molecule has 2 aromatic carbocycles. The Morgan fingerprint density at radius 1 is 0.917 bits per heavy atom. The van der Waals surface area contributed by atoms with Gasteiger partial charge in [-0.3, -0.25) is 0 Å². The van der Waals surface area contributed by atoms with Crippen LogP contribution in [0.5, 0.6) is 0 Å². The summed E-state index contributed by atoms with van der Waals surface area (Å²) in [5.41, 5.74) is 1.05. The first-order valence-corrected chi connectivity index (χ1v) is 8.67. The quantitative estimate of drug-likeness (QED) is 0.436. The van der Waals surface area contributed by atoms with Gasteiger partial charge in [0.2, 0.25) is 0 Å². The molecule has 0 spiro atoms. The molecule has 0 aromatic heterocycles. The molecule has 0 saturated carbocycles. The normalized spacial score (nSPS) is 9.46. The lowest BCUT2D eigenvalue weighted by atomic mass is 10.00. The van der Waals surface area contributed by atoms with Crippen LogP contribution < -0.4 is 0 Å². The summed E-state index contributed by atoms with van der Waals surface area (Å²) in [5.74, 6) is -0.696. The van der Waals surface area contributed by atoms with Crippen molar-refractivity contribution < 1.29 is 9.53 Å². The number of carbonyl (C=O) groups excluding carboxylic acids is 1. The molecule has 24 heavy (non-hydrogen) atoms. The lowest BCUT2D eigenvalue weighted by Gasteiger charge is -2.12. The summed E-state index contributed by atoms with van der Waals surface area (Å²) < 4.78 is 5.81. The van der Waals surface area contributed by atoms with Crippen LogP contribution in [0.15, 0.2) is 30.3 Å². The van der Waals surface area contributed by atoms with E-state index in [9.17, 15) is 20.6 Å². The van der Waals surface area contributed by atoms with E-state index < -0.39 is 5.97 Å². The third kappa shape index (κ3) is 3.50. The molecule has 0 aliphatic carbocycles. The van der Waals surface area contributed by atoms with Gasteiger partial charge in [0.1, 0.15) is 24.8 Å². The Morgan fingerprint density at radius 2 is 1.46 bits per heavy atom. The van der Waals surface area contributed by atoms with Crippen molar-refractivity contribution in [2.45, 2.75) is 6.61 Å². The zero-order valence-corrected chi connectivity index (χ0v) is 16.3. The zero-order chi connectivity index (χ0) is 17.7. The number of halogens is 2. The number of carbonyl (C=O) groups is 1. The van der Waals surface area contributed by atoms with Crippen LogP contribution in [0.1, 0.15) is 32.6 Å². The van der Waals surface area contributed by atoms with E-state index in [1.807, 2.05) is 48.5 Å². The van der Waals surface area contributed by atoms with Crippen molar-refractivity contribution in [1.82, 2.24) is 0 Å². The number of nitrogens with zero attached hydrogens (tertiary/aromatic N) is 3. The minimum atomic E-state index is -0.696. The number of hydrogen-bond donors (Lipinski definition) is 0. The third-order valence-electron chi connectivity index (χ3n) is 3.13. The summed E-state index contributed by atoms with van der Waals surface area (Å²) in [6.45, 7) is 0.0547. The van der Waals surface area contributed by atoms with Crippen molar-refractivity contribution in [3.63, 3.8) is 0 Å². The topological polar surface area (TPSA) is 97.7 Å². The first kappa shape index (κ1) is 18.2. The highest BCUT2D eigenvalue weighted by Gasteiger charge is 2.26. The van der Waals surface area contributed by atoms with Gasteiger partial charge < -0.3 is 4.74 Å². The second-order valence-corrected chi connectivity index (χ2v) is 6.68. The van der Waals surface area contributed by atoms with Gasteiger partial charge in [0.05, 0.1) is 25.8 Å². The molecule has 0 saturated heterocycles. The first-order chi connectivity index (χ1) is 11.5. The van der Waals surface area contributed by atoms with E-state index in [4.69, 9.17) is 4.74 Å². The molecule has 2 aromatic rings. The van der Waals surface area contributed by atoms with Crippen molar-refractivity contribution >= 4 is 51.2 Å². The molecule has 5 nitrogen and oxygen atoms in total. The molecule has 0 bridgehead atoms. The van der Waals surface area contributed by atoms with Gasteiger partial charge in [-0.1, -0.05) is 30.3 Å². The first-order valence-electron chi connectivity index (χ1n) is 6.51. The summed E-state index contributed by atoms with van der Waals surface area (Å²) in [6.07, 6.45) is 0. The maximum atomic E-state index is 12.5. The van der Waals surface area contributed by atoms with Crippen LogP contribution in [-0.4, -0.2) is 5.97 Å². The van der Waals surface area contributed by atoms with Crippen LogP contribution in [-0.2, 0) is 11.3 Å². The molecule has 0 atom stereocenters. The summed E-state index contributed by atoms with van der Waals surface area (Å²) in [4.78, 5) is 12.5. The van der Waals surface area contributed by atoms with Gasteiger partial charge in [-0.05, 0) is 50.7 Å². The van der Waals surface area contributed by atoms with Crippen LogP contribution in [0.2, 0.25) is 0 Å². The van der Waals surface area contributed by atoms with Crippen LogP contribution in [0.25, 0.3) is 0 Å². The van der Waals surface area contributed by atoms with Crippen molar-refractivity contribution in [2.75, 3.05) is 0 Å². The Labute approximate surface area is 165 Å². The van der Waals surface area contributed by atoms with E-state index in [-0.39, 0.29) is 36.0 Å². The van der Waals surface area contributed by atoms with Crippen LogP contribution in [0.4, 0.5) is 0 Å². The second kappa shape index (κ2) is 8.09. The summed E-state index contributed by atoms with van der Waals surface area (Å²) in [5, 5.41) is 27.9. The van der Waals surface area contributed by atoms with E-state index in [1.54, 1.807) is 45.2 Å². The monoisotopic (exact) mass is 539 g/mol. The highest BCUT2D eigenvalue weighted by Crippen LogP contribution is 2.30. The van der Waals surface area contributed by atoms with Crippen molar-refractivity contribution in [1.29, 1.82) is 15.8 Å². The molecule has 0 heterocycles. The number of esters is 1. The predicted octanol–water partition coefficient (Wildman–Crippen LogP) is 3.87. The number of nitriles is 3. The van der Waals surface area contributed by atoms with Crippen molar-refractivity contribution in [3.05, 3.63) is 65.3 Å². The SMILES string of the molecule is N#Cc1c(I)c(C#N)c(C(=O)OCc2ccccc2)c(I)c1C#N. The Morgan fingerprint density at radius 3 is 2.00 bits per heavy atom. The minimum Gasteiger partial charge on any atom is -0.457 e. The highest BCUT2D eigenvalue weighted by molar-refractivity contribution is 14.1. The van der Waals surface area contributed by atoms with Gasteiger partial charge in [0.25, 0.3) is 0 Å². The maximum absolute atomic E-state index is 12.5. The highest BCUT2D eigenvalue weighted by atomic mass is 127. The van der Waals surface area contributed by atoms with Gasteiger partial charge in [-0.15, -0.1) is 0 Å². The average molecular weight is 539 g/mol. The summed E-state index contributed by atoms with van der Waals surface area (Å²) in [6, 6.07) is 14.9. The molecule has 0 aliphatic rings. The predicted molar refractivity (Wildman–Crippen MR) is 102 cm³/mol. The largest absolute Gasteiger partial charge is 0.457 e. The van der Waals surface area contributed by atoms with Crippen molar-refractivity contribution in [3.8, 4) is 18.2 Å². The molecule has 0 unspecified atom stereocenters. The smallest absolute Gasteiger partial charge is 0.340 e. The van der Waals surface area contributed by atoms with Gasteiger partial charge in [0, 0.05) is 3.57 Å². The van der Waals surface area contributed by atoms with E-state index in [1.165, 1.54) is 0 Å². The average Bonchev–Trinajstić information content (AvgIpc) is 2.61. The number of ether oxygens (including phenoxy) is 1. The Bertz CT molecular complexity index is 936. The van der Waals surface area contributed by atoms with Gasteiger partial charge in [0.15, 0.2) is 0 Å². The van der Waals surface area contributed by atoms with Gasteiger partial charge in [-0.2, -0.15) is 15.8 Å². The molecule has 2 rings (SSSR count). The lowest BCUT2D eigenvalue weighted by Crippen LogP contribution is -2.13. The maximum Gasteiger partial charge on any atom is 0.340 e. The standard InChI is InChI=1S/C17H7I2N3O2/c18-15-11(6-20)12(7-21)16(19)14(13(15)8-22)17(23)24-9-10-4-2-1-3-5-10/h1-5H,9H2. The minimum absolute atomic E-state index is 0.0222. The molecule has 0 radical (unpaired) electrons. The molecular formula is C17H7I2N3O2. The molecule has 0 aliphatic heterocycles. The number of rotatable bonds is 3. The van der Waals surface area contributed by atoms with Gasteiger partial charge in [-0.25, -0.2) is 4.79 Å². The second-order valence-electron chi connectivity index (χ2n) is 4.53. The van der Waals surface area contributed by atoms with E-state index in [2.05, 4.69) is 0 Å². The fourth-order valence-electron chi connectivity index (χ4n) is 1.99. The zero-order valence-electron chi connectivity index (χ0n) is 12.0. The van der Waals surface area contributed by atoms with E-state index in [0.29, 0.717) is 0 Å². The van der Waals surface area contributed by atoms with E-state index >= 15 is 0 Å². The Balaban J connectivity index is 2.48. The fourth-order valence-corrected chi connectivity index (χ4v) is 3.65. The number of hydrogen-bond acceptors (Lipinski definition) is 5. The van der Waals surface area contributed by atoms with Crippen LogP contribution >= 0.6 is 45.2 Å². The van der Waals surface area contributed by atoms with Crippen molar-refractivity contribution in [2.24, 2.45) is 0 Å². The lowest BCUT2D eigenvalue weighted by molar-refractivity contribution is 0.0471.